The van der Waals surface area contributed by atoms with Gasteiger partial charge in [0.1, 0.15) is 6.07 Å². The molecule has 0 aliphatic heterocycles. The lowest BCUT2D eigenvalue weighted by Gasteiger charge is -2.29. The molecule has 0 aromatic heterocycles. The number of nitrogens with zero attached hydrogens (tertiary/aromatic N) is 3. The van der Waals surface area contributed by atoms with Crippen LogP contribution in [0.4, 0.5) is 5.69 Å². The van der Waals surface area contributed by atoms with Gasteiger partial charge in [-0.05, 0) is 140 Å². The van der Waals surface area contributed by atoms with Crippen LogP contribution in [0.3, 0.4) is 0 Å². The summed E-state index contributed by atoms with van der Waals surface area (Å²) in [5.74, 6) is 4.27. The number of nitriles is 1. The van der Waals surface area contributed by atoms with Crippen molar-refractivity contribution in [2.24, 2.45) is 40.9 Å². The molecule has 0 bridgehead atoms. The Bertz CT molecular complexity index is 1300. The van der Waals surface area contributed by atoms with Crippen molar-refractivity contribution in [1.29, 1.82) is 5.26 Å². The number of aryl methyl sites for hydroxylation is 1. The van der Waals surface area contributed by atoms with Crippen LogP contribution in [-0.4, -0.2) is 32.6 Å². The van der Waals surface area contributed by atoms with Gasteiger partial charge in [0.2, 0.25) is 0 Å². The maximum absolute atomic E-state index is 10.4. The molecule has 0 N–H and O–H groups in total. The van der Waals surface area contributed by atoms with Crippen molar-refractivity contribution >= 4 is 11.8 Å². The molecule has 0 spiro atoms. The molecule has 0 fully saturated rings. The summed E-state index contributed by atoms with van der Waals surface area (Å²) in [6.45, 7) is 35.4. The molecule has 1 aromatic rings. The van der Waals surface area contributed by atoms with E-state index in [1.807, 2.05) is 6.08 Å². The smallest absolute Gasteiger partial charge is 0.102 e. The number of likely N-dealkylation sites (N-methyl/N-ethyl adjacent to an activating group) is 1. The number of hydrogen-bond donors (Lipinski definition) is 0. The minimum Gasteiger partial charge on any atom is -0.378 e. The van der Waals surface area contributed by atoms with Crippen molar-refractivity contribution < 1.29 is 0 Å². The monoisotopic (exact) mass is 700 g/mol. The van der Waals surface area contributed by atoms with E-state index in [2.05, 4.69) is 151 Å². The van der Waals surface area contributed by atoms with Crippen LogP contribution in [0.5, 0.6) is 0 Å². The number of hydrogen-bond acceptors (Lipinski definition) is 3. The highest BCUT2D eigenvalue weighted by Crippen LogP contribution is 2.35. The normalized spacial score (nSPS) is 15.8. The number of benzene rings is 1. The van der Waals surface area contributed by atoms with Crippen LogP contribution >= 0.6 is 0 Å². The first-order valence-corrected chi connectivity index (χ1v) is 20.5. The van der Waals surface area contributed by atoms with Gasteiger partial charge < -0.3 is 9.80 Å². The second kappa shape index (κ2) is 23.0. The molecule has 1 aromatic carbocycles. The molecule has 0 aliphatic rings. The molecule has 3 heteroatoms. The van der Waals surface area contributed by atoms with Crippen molar-refractivity contribution in [3.05, 3.63) is 71.0 Å². The van der Waals surface area contributed by atoms with Crippen LogP contribution < -0.4 is 4.90 Å². The SMILES string of the molecule is C=CC(=Cc1ccc(N(C)C)cc1CCC(CC(C)CC(C)CC(C)C)CC(C)CC(C)(C)C)/C(C)=C(/C#N)C(=C)N(C)CC(CC)CCCC. The number of rotatable bonds is 24. The summed E-state index contributed by atoms with van der Waals surface area (Å²) < 4.78 is 0. The average molecular weight is 700 g/mol. The van der Waals surface area contributed by atoms with Gasteiger partial charge in [0.15, 0.2) is 0 Å². The number of unbranched alkanes of at least 4 members (excludes halogenated alkanes) is 1. The molecule has 0 aliphatic carbocycles. The van der Waals surface area contributed by atoms with E-state index in [0.29, 0.717) is 28.7 Å². The Labute approximate surface area is 318 Å². The van der Waals surface area contributed by atoms with Gasteiger partial charge in [-0.2, -0.15) is 5.26 Å². The van der Waals surface area contributed by atoms with Gasteiger partial charge in [-0.15, -0.1) is 0 Å². The van der Waals surface area contributed by atoms with Crippen LogP contribution in [-0.2, 0) is 6.42 Å². The molecule has 51 heavy (non-hydrogen) atoms. The molecule has 5 atom stereocenters. The summed E-state index contributed by atoms with van der Waals surface area (Å²) in [4.78, 5) is 4.39. The Hall–Kier alpha value is -2.73. The van der Waals surface area contributed by atoms with Crippen molar-refractivity contribution in [3.8, 4) is 6.07 Å². The quantitative estimate of drug-likeness (QED) is 0.0795. The van der Waals surface area contributed by atoms with Gasteiger partial charge in [0.25, 0.3) is 0 Å². The summed E-state index contributed by atoms with van der Waals surface area (Å²) >= 11 is 0. The molecular weight excluding hydrogens is 619 g/mol. The van der Waals surface area contributed by atoms with Gasteiger partial charge >= 0.3 is 0 Å². The Kier molecular flexibility index (Phi) is 20.9. The predicted molar refractivity (Wildman–Crippen MR) is 229 cm³/mol. The third-order valence-electron chi connectivity index (χ3n) is 10.9. The minimum absolute atomic E-state index is 0.348. The van der Waals surface area contributed by atoms with Gasteiger partial charge in [-0.25, -0.2) is 0 Å². The van der Waals surface area contributed by atoms with E-state index in [4.69, 9.17) is 0 Å². The van der Waals surface area contributed by atoms with E-state index < -0.39 is 0 Å². The number of allylic oxidation sites excluding steroid dienone is 4. The predicted octanol–water partition coefficient (Wildman–Crippen LogP) is 13.9. The van der Waals surface area contributed by atoms with Crippen molar-refractivity contribution in [1.82, 2.24) is 4.90 Å². The lowest BCUT2D eigenvalue weighted by Crippen LogP contribution is -2.25. The minimum atomic E-state index is 0.348. The fourth-order valence-corrected chi connectivity index (χ4v) is 8.47. The first-order chi connectivity index (χ1) is 23.8. The van der Waals surface area contributed by atoms with Crippen molar-refractivity contribution in [2.45, 2.75) is 147 Å². The largest absolute Gasteiger partial charge is 0.378 e. The average Bonchev–Trinajstić information content (AvgIpc) is 3.03. The summed E-state index contributed by atoms with van der Waals surface area (Å²) in [5, 5.41) is 10.4. The molecule has 0 saturated carbocycles. The van der Waals surface area contributed by atoms with E-state index in [1.165, 1.54) is 74.6 Å². The molecule has 0 saturated heterocycles. The lowest BCUT2D eigenvalue weighted by atomic mass is 9.77. The summed E-state index contributed by atoms with van der Waals surface area (Å²) in [6.07, 6.45) is 17.7. The zero-order chi connectivity index (χ0) is 38.9. The van der Waals surface area contributed by atoms with E-state index in [-0.39, 0.29) is 0 Å². The first kappa shape index (κ1) is 46.3. The maximum atomic E-state index is 10.4. The van der Waals surface area contributed by atoms with Gasteiger partial charge in [0.05, 0.1) is 5.57 Å². The fraction of sp³-hybridized carbons (Fsp3) is 0.688. The molecule has 1 rings (SSSR count). The van der Waals surface area contributed by atoms with E-state index in [0.717, 1.165) is 54.0 Å². The molecule has 0 amide bonds. The van der Waals surface area contributed by atoms with Gasteiger partial charge in [-0.3, -0.25) is 0 Å². The van der Waals surface area contributed by atoms with Crippen LogP contribution in [0, 0.1) is 52.3 Å². The topological polar surface area (TPSA) is 30.3 Å². The van der Waals surface area contributed by atoms with E-state index >= 15 is 0 Å². The Morgan fingerprint density at radius 3 is 2.06 bits per heavy atom. The first-order valence-electron chi connectivity index (χ1n) is 20.5. The van der Waals surface area contributed by atoms with Crippen LogP contribution in [0.2, 0.25) is 0 Å². The third-order valence-corrected chi connectivity index (χ3v) is 10.9. The number of anilines is 1. The van der Waals surface area contributed by atoms with E-state index in [9.17, 15) is 5.26 Å². The van der Waals surface area contributed by atoms with Crippen LogP contribution in [0.25, 0.3) is 6.08 Å². The van der Waals surface area contributed by atoms with Gasteiger partial charge in [-0.1, -0.05) is 114 Å². The molecule has 0 radical (unpaired) electrons. The summed E-state index contributed by atoms with van der Waals surface area (Å²) in [6, 6.07) is 9.38. The zero-order valence-electron chi connectivity index (χ0n) is 36.1. The van der Waals surface area contributed by atoms with E-state index in [1.54, 1.807) is 0 Å². The fourth-order valence-electron chi connectivity index (χ4n) is 8.47. The maximum Gasteiger partial charge on any atom is 0.102 e. The summed E-state index contributed by atoms with van der Waals surface area (Å²) in [5.41, 5.74) is 7.54. The highest BCUT2D eigenvalue weighted by Gasteiger charge is 2.23. The Balaban J connectivity index is 3.50. The molecule has 5 unspecified atom stereocenters. The van der Waals surface area contributed by atoms with Crippen LogP contribution in [0.15, 0.2) is 59.8 Å². The standard InChI is InChI=1S/C48H81N3/c1-17-20-21-41(18-2)34-51(16)40(10)47(33-49)39(9)43(19-3)30-44-24-25-46(50(14)15)31-45(44)23-22-42(29-38(8)32-48(11,12)13)28-37(7)27-36(6)26-35(4)5/h19,24-25,30-31,35-38,41-42H,3,10,17-18,20-23,26-29,32,34H2,1-2,4-9,11-16H3/b43-30?,47-39-. The second-order valence-corrected chi connectivity index (χ2v) is 18.3. The Morgan fingerprint density at radius 1 is 0.902 bits per heavy atom. The molecule has 288 valence electrons. The van der Waals surface area contributed by atoms with Crippen molar-refractivity contribution in [2.75, 3.05) is 32.6 Å². The molecule has 0 heterocycles. The van der Waals surface area contributed by atoms with Crippen LogP contribution in [0.1, 0.15) is 151 Å². The highest BCUT2D eigenvalue weighted by atomic mass is 15.1. The third kappa shape index (κ3) is 17.6. The van der Waals surface area contributed by atoms with Gasteiger partial charge in [0, 0.05) is 39.1 Å². The summed E-state index contributed by atoms with van der Waals surface area (Å²) in [7, 11) is 6.34. The molecular formula is C48H81N3. The highest BCUT2D eigenvalue weighted by molar-refractivity contribution is 5.69. The molecule has 3 nitrogen and oxygen atoms in total. The van der Waals surface area contributed by atoms with Crippen molar-refractivity contribution in [3.63, 3.8) is 0 Å². The Morgan fingerprint density at radius 2 is 1.53 bits per heavy atom. The second-order valence-electron chi connectivity index (χ2n) is 18.3. The zero-order valence-corrected chi connectivity index (χ0v) is 36.1. The lowest BCUT2D eigenvalue weighted by molar-refractivity contribution is 0.230.